The number of pyridine rings is 1. The first-order chi connectivity index (χ1) is 10.1. The third-order valence-corrected chi connectivity index (χ3v) is 4.04. The van der Waals surface area contributed by atoms with Crippen LogP contribution in [0, 0.1) is 6.92 Å². The number of likely N-dealkylation sites (N-methyl/N-ethyl adjacent to an activating group) is 1. The van der Waals surface area contributed by atoms with E-state index in [0.29, 0.717) is 0 Å². The summed E-state index contributed by atoms with van der Waals surface area (Å²) in [5.74, 6) is 0. The van der Waals surface area contributed by atoms with E-state index < -0.39 is 0 Å². The number of aromatic nitrogens is 1. The van der Waals surface area contributed by atoms with Crippen molar-refractivity contribution in [3.63, 3.8) is 0 Å². The third kappa shape index (κ3) is 3.90. The molecule has 0 bridgehead atoms. The molecule has 0 aliphatic rings. The summed E-state index contributed by atoms with van der Waals surface area (Å²) in [5.41, 5.74) is 10.3. The molecule has 2 N–H and O–H groups in total. The molecule has 0 aliphatic heterocycles. The van der Waals surface area contributed by atoms with Gasteiger partial charge in [-0.2, -0.15) is 0 Å². The van der Waals surface area contributed by atoms with Crippen LogP contribution >= 0.6 is 0 Å². The summed E-state index contributed by atoms with van der Waals surface area (Å²) in [6.07, 6.45) is 4.64. The molecule has 0 fully saturated rings. The SMILES string of the molecule is CCC(N)C(c1ccccc1C)N(C)Cc1ccncc1. The Balaban J connectivity index is 2.26. The molecule has 0 saturated heterocycles. The Morgan fingerprint density at radius 2 is 1.81 bits per heavy atom. The van der Waals surface area contributed by atoms with Gasteiger partial charge in [-0.3, -0.25) is 9.88 Å². The van der Waals surface area contributed by atoms with Crippen LogP contribution in [0.25, 0.3) is 0 Å². The van der Waals surface area contributed by atoms with Crippen molar-refractivity contribution in [1.29, 1.82) is 0 Å². The Kier molecular flexibility index (Phi) is 5.48. The van der Waals surface area contributed by atoms with Crippen molar-refractivity contribution < 1.29 is 0 Å². The number of benzene rings is 1. The van der Waals surface area contributed by atoms with Crippen LogP contribution in [0.3, 0.4) is 0 Å². The number of nitrogens with two attached hydrogens (primary N) is 1. The third-order valence-electron chi connectivity index (χ3n) is 4.04. The van der Waals surface area contributed by atoms with Crippen molar-refractivity contribution in [3.05, 3.63) is 65.5 Å². The second-order valence-electron chi connectivity index (χ2n) is 5.64. The van der Waals surface area contributed by atoms with E-state index in [1.165, 1.54) is 16.7 Å². The van der Waals surface area contributed by atoms with Crippen molar-refractivity contribution in [3.8, 4) is 0 Å². The average Bonchev–Trinajstić information content (AvgIpc) is 2.50. The maximum atomic E-state index is 6.42. The fourth-order valence-electron chi connectivity index (χ4n) is 2.81. The van der Waals surface area contributed by atoms with Crippen molar-refractivity contribution in [2.75, 3.05) is 7.05 Å². The first-order valence-electron chi connectivity index (χ1n) is 7.53. The topological polar surface area (TPSA) is 42.1 Å². The van der Waals surface area contributed by atoms with Crippen LogP contribution in [0.2, 0.25) is 0 Å². The molecule has 2 atom stereocenters. The van der Waals surface area contributed by atoms with Crippen molar-refractivity contribution in [1.82, 2.24) is 9.88 Å². The van der Waals surface area contributed by atoms with Crippen LogP contribution in [-0.2, 0) is 6.54 Å². The molecule has 1 aromatic heterocycles. The first kappa shape index (κ1) is 15.7. The highest BCUT2D eigenvalue weighted by Crippen LogP contribution is 2.27. The molecule has 2 unspecified atom stereocenters. The molecule has 3 heteroatoms. The van der Waals surface area contributed by atoms with Gasteiger partial charge in [0.15, 0.2) is 0 Å². The summed E-state index contributed by atoms with van der Waals surface area (Å²) in [4.78, 5) is 6.42. The van der Waals surface area contributed by atoms with Gasteiger partial charge in [-0.25, -0.2) is 0 Å². The molecule has 1 aromatic carbocycles. The quantitative estimate of drug-likeness (QED) is 0.884. The van der Waals surface area contributed by atoms with E-state index in [4.69, 9.17) is 5.73 Å². The second-order valence-corrected chi connectivity index (χ2v) is 5.64. The number of hydrogen-bond acceptors (Lipinski definition) is 3. The van der Waals surface area contributed by atoms with Crippen LogP contribution in [0.5, 0.6) is 0 Å². The van der Waals surface area contributed by atoms with Crippen LogP contribution in [0.1, 0.15) is 36.1 Å². The Bertz CT molecular complexity index is 553. The van der Waals surface area contributed by atoms with Gasteiger partial charge in [0.2, 0.25) is 0 Å². The van der Waals surface area contributed by atoms with Gasteiger partial charge in [0.1, 0.15) is 0 Å². The average molecular weight is 283 g/mol. The van der Waals surface area contributed by atoms with E-state index in [9.17, 15) is 0 Å². The van der Waals surface area contributed by atoms with Gasteiger partial charge in [0.25, 0.3) is 0 Å². The highest BCUT2D eigenvalue weighted by Gasteiger charge is 2.24. The molecular weight excluding hydrogens is 258 g/mol. The normalized spacial score (nSPS) is 14.1. The van der Waals surface area contributed by atoms with E-state index in [-0.39, 0.29) is 12.1 Å². The molecule has 0 amide bonds. The lowest BCUT2D eigenvalue weighted by atomic mass is 9.93. The molecule has 2 aromatic rings. The number of aryl methyl sites for hydroxylation is 1. The Labute approximate surface area is 127 Å². The minimum Gasteiger partial charge on any atom is -0.326 e. The maximum absolute atomic E-state index is 6.42. The van der Waals surface area contributed by atoms with Gasteiger partial charge >= 0.3 is 0 Å². The number of hydrogen-bond donors (Lipinski definition) is 1. The van der Waals surface area contributed by atoms with Crippen LogP contribution in [-0.4, -0.2) is 23.0 Å². The zero-order valence-corrected chi connectivity index (χ0v) is 13.2. The van der Waals surface area contributed by atoms with Crippen LogP contribution < -0.4 is 5.73 Å². The first-order valence-corrected chi connectivity index (χ1v) is 7.53. The minimum absolute atomic E-state index is 0.123. The summed E-state index contributed by atoms with van der Waals surface area (Å²) in [6, 6.07) is 13.0. The van der Waals surface area contributed by atoms with E-state index >= 15 is 0 Å². The van der Waals surface area contributed by atoms with Crippen molar-refractivity contribution in [2.45, 2.75) is 38.9 Å². The van der Waals surface area contributed by atoms with E-state index in [2.05, 4.69) is 67.2 Å². The largest absolute Gasteiger partial charge is 0.326 e. The summed E-state index contributed by atoms with van der Waals surface area (Å²) in [7, 11) is 2.15. The maximum Gasteiger partial charge on any atom is 0.0502 e. The molecular formula is C18H25N3. The van der Waals surface area contributed by atoms with Gasteiger partial charge in [0.05, 0.1) is 6.04 Å². The molecule has 3 nitrogen and oxygen atoms in total. The molecule has 21 heavy (non-hydrogen) atoms. The van der Waals surface area contributed by atoms with Gasteiger partial charge in [0, 0.05) is 25.0 Å². The Hall–Kier alpha value is -1.71. The molecule has 0 radical (unpaired) electrons. The molecule has 0 spiro atoms. The fourth-order valence-corrected chi connectivity index (χ4v) is 2.81. The zero-order chi connectivity index (χ0) is 15.2. The van der Waals surface area contributed by atoms with E-state index in [0.717, 1.165) is 13.0 Å². The second kappa shape index (κ2) is 7.34. The smallest absolute Gasteiger partial charge is 0.0502 e. The molecule has 0 aliphatic carbocycles. The van der Waals surface area contributed by atoms with Gasteiger partial charge in [-0.1, -0.05) is 31.2 Å². The van der Waals surface area contributed by atoms with E-state index in [1.54, 1.807) is 0 Å². The molecule has 0 saturated carbocycles. The lowest BCUT2D eigenvalue weighted by molar-refractivity contribution is 0.201. The monoisotopic (exact) mass is 283 g/mol. The van der Waals surface area contributed by atoms with Crippen LogP contribution in [0.15, 0.2) is 48.8 Å². The lowest BCUT2D eigenvalue weighted by Gasteiger charge is -2.33. The standard InChI is InChI=1S/C18H25N3/c1-4-17(19)18(16-8-6-5-7-14(16)2)21(3)13-15-9-11-20-12-10-15/h5-12,17-18H,4,13,19H2,1-3H3. The molecule has 2 rings (SSSR count). The predicted octanol–water partition coefficient (Wildman–Crippen LogP) is 3.30. The van der Waals surface area contributed by atoms with Crippen molar-refractivity contribution in [2.24, 2.45) is 5.73 Å². The number of nitrogens with zero attached hydrogens (tertiary/aromatic N) is 2. The van der Waals surface area contributed by atoms with Gasteiger partial charge < -0.3 is 5.73 Å². The van der Waals surface area contributed by atoms with Crippen molar-refractivity contribution >= 4 is 0 Å². The summed E-state index contributed by atoms with van der Waals surface area (Å²) >= 11 is 0. The molecule has 112 valence electrons. The fraction of sp³-hybridized carbons (Fsp3) is 0.389. The van der Waals surface area contributed by atoms with Gasteiger partial charge in [-0.15, -0.1) is 0 Å². The summed E-state index contributed by atoms with van der Waals surface area (Å²) < 4.78 is 0. The Morgan fingerprint density at radius 1 is 1.14 bits per heavy atom. The minimum atomic E-state index is 0.123. The predicted molar refractivity (Wildman–Crippen MR) is 87.9 cm³/mol. The zero-order valence-electron chi connectivity index (χ0n) is 13.2. The van der Waals surface area contributed by atoms with E-state index in [1.807, 2.05) is 12.4 Å². The number of rotatable bonds is 6. The van der Waals surface area contributed by atoms with Crippen LogP contribution in [0.4, 0.5) is 0 Å². The summed E-state index contributed by atoms with van der Waals surface area (Å²) in [6.45, 7) is 5.18. The Morgan fingerprint density at radius 3 is 2.43 bits per heavy atom. The highest BCUT2D eigenvalue weighted by atomic mass is 15.1. The summed E-state index contributed by atoms with van der Waals surface area (Å²) in [5, 5.41) is 0. The highest BCUT2D eigenvalue weighted by molar-refractivity contribution is 5.30. The molecule has 1 heterocycles. The van der Waals surface area contributed by atoms with Gasteiger partial charge in [-0.05, 0) is 49.2 Å². The lowest BCUT2D eigenvalue weighted by Crippen LogP contribution is -2.38.